The third-order valence-electron chi connectivity index (χ3n) is 2.43. The van der Waals surface area contributed by atoms with E-state index in [4.69, 9.17) is 39.5 Å². The van der Waals surface area contributed by atoms with Gasteiger partial charge < -0.3 is 9.72 Å². The van der Waals surface area contributed by atoms with Crippen LogP contribution in [0.5, 0.6) is 5.75 Å². The molecule has 0 spiro atoms. The Morgan fingerprint density at radius 1 is 1.26 bits per heavy atom. The normalized spacial score (nSPS) is 10.6. The predicted octanol–water partition coefficient (Wildman–Crippen LogP) is 4.98. The van der Waals surface area contributed by atoms with Crippen molar-refractivity contribution >= 4 is 56.5 Å². The molecule has 19 heavy (non-hydrogen) atoms. The highest BCUT2D eigenvalue weighted by Gasteiger charge is 2.20. The molecule has 0 unspecified atom stereocenters. The molecule has 2 aromatic rings. The van der Waals surface area contributed by atoms with Gasteiger partial charge in [-0.15, -0.1) is 0 Å². The number of H-pyrrole nitrogens is 1. The average Bonchev–Trinajstić information content (AvgIpc) is 2.68. The fourth-order valence-corrected chi connectivity index (χ4v) is 2.66. The van der Waals surface area contributed by atoms with Crippen LogP contribution in [0.2, 0.25) is 15.2 Å². The minimum Gasteiger partial charge on any atom is -0.494 e. The molecule has 0 aliphatic rings. The summed E-state index contributed by atoms with van der Waals surface area (Å²) < 4.78 is 5.74. The average molecular weight is 383 g/mol. The van der Waals surface area contributed by atoms with Gasteiger partial charge in [-0.25, -0.2) is 0 Å². The van der Waals surface area contributed by atoms with Crippen LogP contribution in [-0.4, -0.2) is 17.9 Å². The molecule has 1 heterocycles. The van der Waals surface area contributed by atoms with Crippen LogP contribution in [0.3, 0.4) is 0 Å². The SMILES string of the molecule is COc1c(Cl)cc(Cl)cc1C(=O)c1cc(Br)c(Cl)[nH]1. The van der Waals surface area contributed by atoms with Crippen molar-refractivity contribution in [1.82, 2.24) is 4.98 Å². The van der Waals surface area contributed by atoms with Gasteiger partial charge in [-0.2, -0.15) is 0 Å². The van der Waals surface area contributed by atoms with Gasteiger partial charge in [0.25, 0.3) is 0 Å². The number of carbonyl (C=O) groups is 1. The molecule has 1 aromatic carbocycles. The Bertz CT molecular complexity index is 635. The first-order valence-electron chi connectivity index (χ1n) is 5.05. The van der Waals surface area contributed by atoms with E-state index >= 15 is 0 Å². The first-order chi connectivity index (χ1) is 8.93. The molecule has 0 radical (unpaired) electrons. The molecule has 0 saturated heterocycles. The van der Waals surface area contributed by atoms with Gasteiger partial charge in [0, 0.05) is 5.02 Å². The number of methoxy groups -OCH3 is 1. The number of hydrogen-bond acceptors (Lipinski definition) is 2. The van der Waals surface area contributed by atoms with E-state index in [-0.39, 0.29) is 22.1 Å². The van der Waals surface area contributed by atoms with Crippen LogP contribution < -0.4 is 4.74 Å². The standard InChI is InChI=1S/C12H7BrCl3NO2/c1-19-11-6(2-5(14)3-8(11)15)10(18)9-4-7(13)12(16)17-9/h2-4,17H,1H3. The number of carbonyl (C=O) groups excluding carboxylic acids is 1. The number of aromatic nitrogens is 1. The van der Waals surface area contributed by atoms with Gasteiger partial charge in [-0.05, 0) is 34.1 Å². The van der Waals surface area contributed by atoms with Crippen molar-refractivity contribution in [3.8, 4) is 5.75 Å². The number of ether oxygens (including phenoxy) is 1. The van der Waals surface area contributed by atoms with Gasteiger partial charge in [0.2, 0.25) is 5.78 Å². The highest BCUT2D eigenvalue weighted by atomic mass is 79.9. The molecule has 1 N–H and O–H groups in total. The minimum absolute atomic E-state index is 0.269. The summed E-state index contributed by atoms with van der Waals surface area (Å²) in [4.78, 5) is 15.1. The highest BCUT2D eigenvalue weighted by Crippen LogP contribution is 2.34. The summed E-state index contributed by atoms with van der Waals surface area (Å²) in [5.74, 6) is -0.0354. The molecule has 0 amide bonds. The zero-order chi connectivity index (χ0) is 14.2. The molecular weight excluding hydrogens is 376 g/mol. The Labute approximate surface area is 132 Å². The molecule has 3 nitrogen and oxygen atoms in total. The first kappa shape index (κ1) is 14.7. The Hall–Kier alpha value is -0.680. The number of halogens is 4. The maximum Gasteiger partial charge on any atom is 0.213 e. The van der Waals surface area contributed by atoms with Crippen LogP contribution in [-0.2, 0) is 0 Å². The third-order valence-corrected chi connectivity index (χ3v) is 4.08. The largest absolute Gasteiger partial charge is 0.494 e. The van der Waals surface area contributed by atoms with E-state index < -0.39 is 0 Å². The number of benzene rings is 1. The number of aromatic amines is 1. The zero-order valence-corrected chi connectivity index (χ0v) is 13.4. The third kappa shape index (κ3) is 2.92. The van der Waals surface area contributed by atoms with Crippen molar-refractivity contribution in [1.29, 1.82) is 0 Å². The zero-order valence-electron chi connectivity index (χ0n) is 9.56. The van der Waals surface area contributed by atoms with Gasteiger partial charge in [0.1, 0.15) is 10.9 Å². The van der Waals surface area contributed by atoms with Gasteiger partial charge in [-0.3, -0.25) is 4.79 Å². The van der Waals surface area contributed by atoms with Crippen LogP contribution in [0.15, 0.2) is 22.7 Å². The molecule has 0 saturated carbocycles. The molecule has 0 aliphatic carbocycles. The minimum atomic E-state index is -0.311. The number of rotatable bonds is 3. The van der Waals surface area contributed by atoms with Gasteiger partial charge in [0.15, 0.2) is 0 Å². The van der Waals surface area contributed by atoms with Crippen LogP contribution in [0.4, 0.5) is 0 Å². The van der Waals surface area contributed by atoms with Crippen LogP contribution in [0, 0.1) is 0 Å². The van der Waals surface area contributed by atoms with Gasteiger partial charge in [0.05, 0.1) is 27.9 Å². The lowest BCUT2D eigenvalue weighted by Crippen LogP contribution is -2.05. The second-order valence-corrected chi connectivity index (χ2v) is 5.72. The Morgan fingerprint density at radius 2 is 1.95 bits per heavy atom. The summed E-state index contributed by atoms with van der Waals surface area (Å²) in [5.41, 5.74) is 0.582. The smallest absolute Gasteiger partial charge is 0.213 e. The van der Waals surface area contributed by atoms with E-state index in [2.05, 4.69) is 20.9 Å². The Balaban J connectivity index is 2.55. The second kappa shape index (κ2) is 5.75. The maximum atomic E-state index is 12.4. The van der Waals surface area contributed by atoms with Crippen molar-refractivity contribution in [3.63, 3.8) is 0 Å². The van der Waals surface area contributed by atoms with Crippen LogP contribution in [0.25, 0.3) is 0 Å². The fraction of sp³-hybridized carbons (Fsp3) is 0.0833. The van der Waals surface area contributed by atoms with E-state index in [1.807, 2.05) is 0 Å². The molecular formula is C12H7BrCl3NO2. The number of hydrogen-bond donors (Lipinski definition) is 1. The maximum absolute atomic E-state index is 12.4. The van der Waals surface area contributed by atoms with E-state index in [0.717, 1.165) is 0 Å². The molecule has 0 aliphatic heterocycles. The lowest BCUT2D eigenvalue weighted by molar-refractivity contribution is 0.103. The van der Waals surface area contributed by atoms with Crippen molar-refractivity contribution in [2.24, 2.45) is 0 Å². The van der Waals surface area contributed by atoms with E-state index in [9.17, 15) is 4.79 Å². The summed E-state index contributed by atoms with van der Waals surface area (Å²) in [6.07, 6.45) is 0. The molecule has 100 valence electrons. The molecule has 1 aromatic heterocycles. The second-order valence-electron chi connectivity index (χ2n) is 3.64. The van der Waals surface area contributed by atoms with Gasteiger partial charge in [-0.1, -0.05) is 34.8 Å². The monoisotopic (exact) mass is 381 g/mol. The first-order valence-corrected chi connectivity index (χ1v) is 6.98. The van der Waals surface area contributed by atoms with E-state index in [1.165, 1.54) is 19.2 Å². The molecule has 0 atom stereocenters. The summed E-state index contributed by atoms with van der Waals surface area (Å²) in [6.45, 7) is 0. The lowest BCUT2D eigenvalue weighted by Gasteiger charge is -2.09. The summed E-state index contributed by atoms with van der Waals surface area (Å²) >= 11 is 21.0. The molecule has 0 fully saturated rings. The van der Waals surface area contributed by atoms with Crippen molar-refractivity contribution in [2.75, 3.05) is 7.11 Å². The number of nitrogens with one attached hydrogen (secondary N) is 1. The fourth-order valence-electron chi connectivity index (χ4n) is 1.61. The predicted molar refractivity (Wildman–Crippen MR) is 79.9 cm³/mol. The summed E-state index contributed by atoms with van der Waals surface area (Å²) in [5, 5.41) is 0.969. The quantitative estimate of drug-likeness (QED) is 0.760. The van der Waals surface area contributed by atoms with Crippen LogP contribution >= 0.6 is 50.7 Å². The van der Waals surface area contributed by atoms with Crippen molar-refractivity contribution < 1.29 is 9.53 Å². The van der Waals surface area contributed by atoms with Crippen molar-refractivity contribution in [3.05, 3.63) is 49.1 Å². The summed E-state index contributed by atoms with van der Waals surface area (Å²) in [6, 6.07) is 4.59. The van der Waals surface area contributed by atoms with Crippen molar-refractivity contribution in [2.45, 2.75) is 0 Å². The van der Waals surface area contributed by atoms with E-state index in [1.54, 1.807) is 6.07 Å². The molecule has 0 bridgehead atoms. The Kier molecular flexibility index (Phi) is 4.46. The number of ketones is 1. The lowest BCUT2D eigenvalue weighted by atomic mass is 10.1. The summed E-state index contributed by atoms with van der Waals surface area (Å²) in [7, 11) is 1.43. The topological polar surface area (TPSA) is 42.1 Å². The highest BCUT2D eigenvalue weighted by molar-refractivity contribution is 9.10. The van der Waals surface area contributed by atoms with E-state index in [0.29, 0.717) is 20.3 Å². The molecule has 2 rings (SSSR count). The Morgan fingerprint density at radius 3 is 2.47 bits per heavy atom. The van der Waals surface area contributed by atoms with Crippen LogP contribution in [0.1, 0.15) is 16.1 Å². The van der Waals surface area contributed by atoms with Gasteiger partial charge >= 0.3 is 0 Å². The molecule has 7 heteroatoms.